The Kier molecular flexibility index (Phi) is 5.74. The van der Waals surface area contributed by atoms with Crippen molar-refractivity contribution in [3.05, 3.63) is 64.7 Å². The molecule has 1 heterocycles. The van der Waals surface area contributed by atoms with Crippen LogP contribution in [-0.2, 0) is 10.8 Å². The normalized spacial score (nSPS) is 15.6. The summed E-state index contributed by atoms with van der Waals surface area (Å²) in [7, 11) is -1.06. The van der Waals surface area contributed by atoms with Crippen LogP contribution in [-0.4, -0.2) is 58.3 Å². The van der Waals surface area contributed by atoms with Crippen molar-refractivity contribution in [2.45, 2.75) is 4.90 Å². The van der Waals surface area contributed by atoms with Crippen molar-refractivity contribution < 1.29 is 13.8 Å². The molecular weight excluding hydrogens is 372 g/mol. The van der Waals surface area contributed by atoms with Crippen LogP contribution in [0.25, 0.3) is 0 Å². The molecule has 1 fully saturated rings. The number of rotatable bonds is 3. The van der Waals surface area contributed by atoms with Crippen LogP contribution >= 0.6 is 11.6 Å². The molecule has 5 nitrogen and oxygen atoms in total. The van der Waals surface area contributed by atoms with Gasteiger partial charge in [-0.15, -0.1) is 0 Å². The van der Waals surface area contributed by atoms with E-state index in [4.69, 9.17) is 11.6 Å². The molecule has 1 unspecified atom stereocenters. The summed E-state index contributed by atoms with van der Waals surface area (Å²) < 4.78 is 11.4. The first-order valence-corrected chi connectivity index (χ1v) is 10.2. The number of hydrogen-bond donors (Lipinski definition) is 0. The van der Waals surface area contributed by atoms with Crippen molar-refractivity contribution in [3.63, 3.8) is 0 Å². The maximum atomic E-state index is 12.6. The third-order valence-electron chi connectivity index (χ3n) is 4.38. The molecule has 7 heteroatoms. The molecule has 2 amide bonds. The summed E-state index contributed by atoms with van der Waals surface area (Å²) in [6.45, 7) is 1.95. The van der Waals surface area contributed by atoms with Crippen LogP contribution in [0.15, 0.2) is 53.4 Å². The highest BCUT2D eigenvalue weighted by molar-refractivity contribution is 7.84. The van der Waals surface area contributed by atoms with Crippen LogP contribution in [0, 0.1) is 0 Å². The maximum Gasteiger partial charge on any atom is 0.253 e. The smallest absolute Gasteiger partial charge is 0.253 e. The van der Waals surface area contributed by atoms with E-state index in [9.17, 15) is 13.8 Å². The van der Waals surface area contributed by atoms with Gasteiger partial charge in [0.25, 0.3) is 11.8 Å². The first kappa shape index (κ1) is 18.6. The predicted molar refractivity (Wildman–Crippen MR) is 102 cm³/mol. The number of amides is 2. The van der Waals surface area contributed by atoms with Gasteiger partial charge < -0.3 is 9.80 Å². The molecule has 2 aromatic carbocycles. The number of piperazine rings is 1. The zero-order chi connectivity index (χ0) is 18.7. The van der Waals surface area contributed by atoms with Crippen LogP contribution in [0.3, 0.4) is 0 Å². The monoisotopic (exact) mass is 390 g/mol. The largest absolute Gasteiger partial charge is 0.335 e. The minimum absolute atomic E-state index is 0.0523. The Balaban J connectivity index is 1.60. The van der Waals surface area contributed by atoms with Crippen molar-refractivity contribution in [1.29, 1.82) is 0 Å². The van der Waals surface area contributed by atoms with Gasteiger partial charge in [0.15, 0.2) is 0 Å². The number of benzene rings is 2. The fourth-order valence-electron chi connectivity index (χ4n) is 2.86. The molecule has 0 N–H and O–H groups in total. The first-order chi connectivity index (χ1) is 12.5. The fourth-order valence-corrected chi connectivity index (χ4v) is 3.50. The van der Waals surface area contributed by atoms with Gasteiger partial charge >= 0.3 is 0 Å². The molecule has 1 atom stereocenters. The molecule has 0 radical (unpaired) electrons. The van der Waals surface area contributed by atoms with Gasteiger partial charge in [0.05, 0.1) is 0 Å². The topological polar surface area (TPSA) is 57.7 Å². The zero-order valence-electron chi connectivity index (χ0n) is 14.4. The van der Waals surface area contributed by atoms with Crippen molar-refractivity contribution in [1.82, 2.24) is 9.80 Å². The SMILES string of the molecule is CS(=O)c1ccc(C(=O)N2CCN(C(=O)c3ccc(Cl)cc3)CC2)cc1. The van der Waals surface area contributed by atoms with Crippen LogP contribution in [0.2, 0.25) is 5.02 Å². The molecule has 0 bridgehead atoms. The molecule has 1 saturated heterocycles. The molecule has 2 aromatic rings. The molecule has 1 aliphatic heterocycles. The van der Waals surface area contributed by atoms with Crippen LogP contribution in [0.4, 0.5) is 0 Å². The highest BCUT2D eigenvalue weighted by Crippen LogP contribution is 2.15. The molecular formula is C19H19ClN2O3S. The van der Waals surface area contributed by atoms with Gasteiger partial charge in [0.1, 0.15) is 0 Å². The summed E-state index contributed by atoms with van der Waals surface area (Å²) in [6.07, 6.45) is 1.60. The Morgan fingerprint density at radius 2 is 1.19 bits per heavy atom. The van der Waals surface area contributed by atoms with Crippen molar-refractivity contribution >= 4 is 34.2 Å². The van der Waals surface area contributed by atoms with Crippen LogP contribution < -0.4 is 0 Å². The third kappa shape index (κ3) is 4.14. The second-order valence-corrected chi connectivity index (χ2v) is 7.89. The number of carbonyl (C=O) groups excluding carboxylic acids is 2. The highest BCUT2D eigenvalue weighted by atomic mass is 35.5. The van der Waals surface area contributed by atoms with E-state index < -0.39 is 10.8 Å². The lowest BCUT2D eigenvalue weighted by Crippen LogP contribution is -2.50. The summed E-state index contributed by atoms with van der Waals surface area (Å²) in [5.41, 5.74) is 1.16. The summed E-state index contributed by atoms with van der Waals surface area (Å²) in [6, 6.07) is 13.6. The number of nitrogens with zero attached hydrogens (tertiary/aromatic N) is 2. The summed E-state index contributed by atoms with van der Waals surface area (Å²) in [5, 5.41) is 0.592. The van der Waals surface area contributed by atoms with Crippen LogP contribution in [0.1, 0.15) is 20.7 Å². The molecule has 0 aromatic heterocycles. The lowest BCUT2D eigenvalue weighted by atomic mass is 10.1. The van der Waals surface area contributed by atoms with Gasteiger partial charge in [-0.25, -0.2) is 0 Å². The average Bonchev–Trinajstić information content (AvgIpc) is 2.67. The van der Waals surface area contributed by atoms with Gasteiger partial charge in [-0.3, -0.25) is 13.8 Å². The molecule has 136 valence electrons. The number of halogens is 1. The Hall–Kier alpha value is -2.18. The van der Waals surface area contributed by atoms with E-state index in [1.165, 1.54) is 0 Å². The van der Waals surface area contributed by atoms with E-state index in [0.717, 1.165) is 0 Å². The van der Waals surface area contributed by atoms with E-state index in [1.807, 2.05) is 0 Å². The van der Waals surface area contributed by atoms with E-state index >= 15 is 0 Å². The Morgan fingerprint density at radius 1 is 0.808 bits per heavy atom. The Labute approximate surface area is 160 Å². The second-order valence-electron chi connectivity index (χ2n) is 6.07. The lowest BCUT2D eigenvalue weighted by Gasteiger charge is -2.35. The maximum absolute atomic E-state index is 12.6. The molecule has 1 aliphatic rings. The van der Waals surface area contributed by atoms with E-state index in [2.05, 4.69) is 0 Å². The van der Waals surface area contributed by atoms with E-state index in [1.54, 1.807) is 64.6 Å². The Morgan fingerprint density at radius 3 is 1.58 bits per heavy atom. The van der Waals surface area contributed by atoms with Crippen LogP contribution in [0.5, 0.6) is 0 Å². The summed E-state index contributed by atoms with van der Waals surface area (Å²) >= 11 is 5.86. The lowest BCUT2D eigenvalue weighted by molar-refractivity contribution is 0.0535. The van der Waals surface area contributed by atoms with Gasteiger partial charge in [0.2, 0.25) is 0 Å². The van der Waals surface area contributed by atoms with Gasteiger partial charge in [0, 0.05) is 64.3 Å². The van der Waals surface area contributed by atoms with Crippen molar-refractivity contribution in [3.8, 4) is 0 Å². The minimum atomic E-state index is -1.06. The molecule has 0 saturated carbocycles. The minimum Gasteiger partial charge on any atom is -0.335 e. The molecule has 3 rings (SSSR count). The summed E-state index contributed by atoms with van der Waals surface area (Å²) in [5.74, 6) is -0.124. The number of hydrogen-bond acceptors (Lipinski definition) is 3. The highest BCUT2D eigenvalue weighted by Gasteiger charge is 2.25. The van der Waals surface area contributed by atoms with Crippen molar-refractivity contribution in [2.24, 2.45) is 0 Å². The fraction of sp³-hybridized carbons (Fsp3) is 0.263. The van der Waals surface area contributed by atoms with Crippen molar-refractivity contribution in [2.75, 3.05) is 32.4 Å². The van der Waals surface area contributed by atoms with Gasteiger partial charge in [-0.2, -0.15) is 0 Å². The third-order valence-corrected chi connectivity index (χ3v) is 5.57. The quantitative estimate of drug-likeness (QED) is 0.809. The van der Waals surface area contributed by atoms with E-state index in [-0.39, 0.29) is 11.8 Å². The molecule has 0 aliphatic carbocycles. The summed E-state index contributed by atoms with van der Waals surface area (Å²) in [4.78, 5) is 29.3. The Bertz CT molecular complexity index is 829. The zero-order valence-corrected chi connectivity index (χ0v) is 15.9. The average molecular weight is 391 g/mol. The first-order valence-electron chi connectivity index (χ1n) is 8.23. The molecule has 26 heavy (non-hydrogen) atoms. The predicted octanol–water partition coefficient (Wildman–Crippen LogP) is 2.68. The number of carbonyl (C=O) groups is 2. The van der Waals surface area contributed by atoms with Gasteiger partial charge in [-0.05, 0) is 48.5 Å². The molecule has 0 spiro atoms. The second kappa shape index (κ2) is 8.01. The van der Waals surface area contributed by atoms with E-state index in [0.29, 0.717) is 47.2 Å². The standard InChI is InChI=1S/C19H19ClN2O3S/c1-26(25)17-8-4-15(5-9-17)19(24)22-12-10-21(11-13-22)18(23)14-2-6-16(20)7-3-14/h2-9H,10-13H2,1H3. The van der Waals surface area contributed by atoms with Gasteiger partial charge in [-0.1, -0.05) is 11.6 Å².